The van der Waals surface area contributed by atoms with Gasteiger partial charge in [-0.05, 0) is 17.2 Å². The van der Waals surface area contributed by atoms with Crippen LogP contribution in [0.1, 0.15) is 5.56 Å². The predicted molar refractivity (Wildman–Crippen MR) is 126 cm³/mol. The van der Waals surface area contributed by atoms with Gasteiger partial charge in [-0.1, -0.05) is 36.4 Å². The Hall–Kier alpha value is -3.15. The van der Waals surface area contributed by atoms with Crippen LogP contribution in [0.4, 0.5) is 0 Å². The Kier molecular flexibility index (Phi) is 7.80. The van der Waals surface area contributed by atoms with Gasteiger partial charge in [0.25, 0.3) is 11.8 Å². The van der Waals surface area contributed by atoms with Crippen molar-refractivity contribution in [2.75, 3.05) is 33.0 Å². The Labute approximate surface area is 201 Å². The number of quaternary nitrogens is 1. The Balaban J connectivity index is 1.70. The molecule has 1 aromatic rings. The number of aliphatic hydroxyl groups excluding tert-OH is 1. The number of benzene rings is 1. The number of rotatable bonds is 10. The molecule has 11 heteroatoms. The molecule has 2 aliphatic rings. The number of carboxylic acids is 1. The van der Waals surface area contributed by atoms with Crippen molar-refractivity contribution in [3.8, 4) is 0 Å². The second-order valence-corrected chi connectivity index (χ2v) is 9.87. The molecule has 0 aliphatic carbocycles. The number of nitrogens with one attached hydrogen (secondary N) is 1. The Morgan fingerprint density at radius 2 is 1.97 bits per heavy atom. The van der Waals surface area contributed by atoms with E-state index in [0.717, 1.165) is 5.56 Å². The summed E-state index contributed by atoms with van der Waals surface area (Å²) < 4.78 is 0.0892. The van der Waals surface area contributed by atoms with Gasteiger partial charge >= 0.3 is 5.97 Å². The highest BCUT2D eigenvalue weighted by molar-refractivity contribution is 8.00. The zero-order valence-corrected chi connectivity index (χ0v) is 19.8. The minimum atomic E-state index is -1.23. The minimum absolute atomic E-state index is 0.0892. The Morgan fingerprint density at radius 1 is 1.29 bits per heavy atom. The highest BCUT2D eigenvalue weighted by Gasteiger charge is 2.53. The normalized spacial score (nSPS) is 21.1. The summed E-state index contributed by atoms with van der Waals surface area (Å²) in [6, 6.07) is 7.55. The standard InChI is InChI=1S/C23H28N4O6S/c1-27(2,16(12-28)20(24)30)10-6-9-15-13-34-22-18(21(31)26(22)19(15)23(32)33)25-17(29)11-14-7-4-3-5-8-14/h3-9,16,18,22,28H,10-13H2,1-2H3,(H3-,24,25,29,30,32,33)/p+1/b9-6+/t16-,18-,22+/m1/s1. The molecule has 0 bridgehead atoms. The zero-order chi connectivity index (χ0) is 25.0. The number of nitrogens with zero attached hydrogens (tertiary/aromatic N) is 2. The summed E-state index contributed by atoms with van der Waals surface area (Å²) in [6.07, 6.45) is 3.45. The fourth-order valence-corrected chi connectivity index (χ4v) is 5.34. The number of carbonyl (C=O) groups excluding carboxylic acids is 3. The number of aliphatic hydroxyl groups is 1. The number of aliphatic carboxylic acids is 1. The zero-order valence-electron chi connectivity index (χ0n) is 19.0. The average Bonchev–Trinajstić information content (AvgIpc) is 2.77. The lowest BCUT2D eigenvalue weighted by atomic mass is 10.0. The van der Waals surface area contributed by atoms with E-state index in [0.29, 0.717) is 17.9 Å². The molecular formula is C23H29N4O6S+. The molecule has 3 atom stereocenters. The van der Waals surface area contributed by atoms with Crippen molar-refractivity contribution in [3.05, 3.63) is 59.3 Å². The van der Waals surface area contributed by atoms with Crippen molar-refractivity contribution < 1.29 is 33.9 Å². The van der Waals surface area contributed by atoms with Gasteiger partial charge in [-0.25, -0.2) is 4.79 Å². The van der Waals surface area contributed by atoms with Crippen molar-refractivity contribution in [1.29, 1.82) is 0 Å². The first-order valence-electron chi connectivity index (χ1n) is 10.7. The number of primary amides is 1. The van der Waals surface area contributed by atoms with E-state index < -0.39 is 41.8 Å². The summed E-state index contributed by atoms with van der Waals surface area (Å²) in [6.45, 7) is -0.0960. The molecule has 2 aliphatic heterocycles. The molecule has 0 saturated carbocycles. The molecule has 1 saturated heterocycles. The first-order valence-corrected chi connectivity index (χ1v) is 11.8. The van der Waals surface area contributed by atoms with E-state index in [2.05, 4.69) is 5.32 Å². The topological polar surface area (TPSA) is 150 Å². The second-order valence-electron chi connectivity index (χ2n) is 8.76. The van der Waals surface area contributed by atoms with E-state index in [1.165, 1.54) is 16.7 Å². The van der Waals surface area contributed by atoms with Gasteiger partial charge in [-0.3, -0.25) is 19.3 Å². The van der Waals surface area contributed by atoms with Crippen molar-refractivity contribution in [1.82, 2.24) is 10.2 Å². The number of likely N-dealkylation sites (N-methyl/N-ethyl adjacent to an activating group) is 1. The van der Waals surface area contributed by atoms with Gasteiger partial charge in [0, 0.05) is 5.75 Å². The van der Waals surface area contributed by atoms with Gasteiger partial charge in [0.1, 0.15) is 23.7 Å². The number of β-lactam (4-membered cyclic amide) rings is 1. The molecule has 0 spiro atoms. The van der Waals surface area contributed by atoms with Crippen LogP contribution < -0.4 is 11.1 Å². The number of fused-ring (bicyclic) bond motifs is 1. The third-order valence-electron chi connectivity index (χ3n) is 5.96. The number of thioether (sulfide) groups is 1. The first kappa shape index (κ1) is 25.5. The number of carbonyl (C=O) groups is 4. The molecule has 3 rings (SSSR count). The van der Waals surface area contributed by atoms with Gasteiger partial charge in [0.15, 0.2) is 6.04 Å². The lowest BCUT2D eigenvalue weighted by molar-refractivity contribution is -0.900. The summed E-state index contributed by atoms with van der Waals surface area (Å²) in [4.78, 5) is 49.9. The van der Waals surface area contributed by atoms with Crippen LogP contribution >= 0.6 is 11.8 Å². The van der Waals surface area contributed by atoms with Crippen molar-refractivity contribution in [2.24, 2.45) is 5.73 Å². The van der Waals surface area contributed by atoms with E-state index in [4.69, 9.17) is 5.73 Å². The lowest BCUT2D eigenvalue weighted by Crippen LogP contribution is -2.70. The summed E-state index contributed by atoms with van der Waals surface area (Å²) in [5.74, 6) is -2.29. The highest BCUT2D eigenvalue weighted by Crippen LogP contribution is 2.40. The molecule has 3 amide bonds. The summed E-state index contributed by atoms with van der Waals surface area (Å²) >= 11 is 1.37. The van der Waals surface area contributed by atoms with Gasteiger partial charge in [-0.15, -0.1) is 11.8 Å². The fraction of sp³-hybridized carbons (Fsp3) is 0.391. The van der Waals surface area contributed by atoms with E-state index in [9.17, 15) is 29.4 Å². The molecule has 1 aromatic carbocycles. The molecule has 182 valence electrons. The van der Waals surface area contributed by atoms with E-state index in [-0.39, 0.29) is 22.5 Å². The van der Waals surface area contributed by atoms with Crippen LogP contribution in [0.15, 0.2) is 53.8 Å². The minimum Gasteiger partial charge on any atom is -0.477 e. The average molecular weight is 490 g/mol. The van der Waals surface area contributed by atoms with Crippen LogP contribution in [0.2, 0.25) is 0 Å². The molecule has 0 unspecified atom stereocenters. The molecular weight excluding hydrogens is 460 g/mol. The van der Waals surface area contributed by atoms with Gasteiger partial charge in [-0.2, -0.15) is 0 Å². The number of carboxylic acid groups (broad SMARTS) is 1. The maximum absolute atomic E-state index is 12.8. The number of hydrogen-bond donors (Lipinski definition) is 4. The molecule has 0 radical (unpaired) electrons. The van der Waals surface area contributed by atoms with Crippen LogP contribution in [0, 0.1) is 0 Å². The van der Waals surface area contributed by atoms with E-state index in [1.54, 1.807) is 26.2 Å². The summed E-state index contributed by atoms with van der Waals surface area (Å²) in [5.41, 5.74) is 6.51. The van der Waals surface area contributed by atoms with Gasteiger partial charge in [0.05, 0.1) is 27.1 Å². The SMILES string of the molecule is C[N+](C)(C/C=C/C1=C(C(=O)O)N2C(=O)[C@@H](NC(=O)Cc3ccccc3)[C@@H]2SC1)[C@H](CO)C(N)=O. The van der Waals surface area contributed by atoms with Crippen LogP contribution in [0.25, 0.3) is 0 Å². The van der Waals surface area contributed by atoms with Crippen molar-refractivity contribution >= 4 is 35.5 Å². The molecule has 2 heterocycles. The number of nitrogens with two attached hydrogens (primary N) is 1. The molecule has 5 N–H and O–H groups in total. The lowest BCUT2D eigenvalue weighted by Gasteiger charge is -2.49. The van der Waals surface area contributed by atoms with Crippen LogP contribution in [0.3, 0.4) is 0 Å². The molecule has 34 heavy (non-hydrogen) atoms. The Bertz CT molecular complexity index is 1040. The van der Waals surface area contributed by atoms with Gasteiger partial charge in [0.2, 0.25) is 5.91 Å². The second kappa shape index (κ2) is 10.4. The monoisotopic (exact) mass is 489 g/mol. The maximum Gasteiger partial charge on any atom is 0.352 e. The first-order chi connectivity index (χ1) is 16.1. The van der Waals surface area contributed by atoms with Crippen molar-refractivity contribution in [3.63, 3.8) is 0 Å². The smallest absolute Gasteiger partial charge is 0.352 e. The summed E-state index contributed by atoms with van der Waals surface area (Å²) in [5, 5.41) is 21.5. The maximum atomic E-state index is 12.8. The largest absolute Gasteiger partial charge is 0.477 e. The third kappa shape index (κ3) is 5.32. The van der Waals surface area contributed by atoms with E-state index >= 15 is 0 Å². The Morgan fingerprint density at radius 3 is 2.56 bits per heavy atom. The fourth-order valence-electron chi connectivity index (χ4n) is 4.03. The van der Waals surface area contributed by atoms with Gasteiger partial charge < -0.3 is 25.7 Å². The predicted octanol–water partition coefficient (Wildman–Crippen LogP) is -0.553. The third-order valence-corrected chi connectivity index (χ3v) is 7.27. The van der Waals surface area contributed by atoms with Crippen LogP contribution in [-0.2, 0) is 25.6 Å². The molecule has 10 nitrogen and oxygen atoms in total. The number of allylic oxidation sites excluding steroid dienone is 1. The molecule has 0 aromatic heterocycles. The van der Waals surface area contributed by atoms with Crippen LogP contribution in [-0.4, -0.2) is 93.7 Å². The van der Waals surface area contributed by atoms with Crippen LogP contribution in [0.5, 0.6) is 0 Å². The van der Waals surface area contributed by atoms with Crippen molar-refractivity contribution in [2.45, 2.75) is 23.9 Å². The molecule has 1 fully saturated rings. The quantitative estimate of drug-likeness (QED) is 0.254. The van der Waals surface area contributed by atoms with E-state index in [1.807, 2.05) is 30.3 Å². The number of amides is 3. The number of hydrogen-bond acceptors (Lipinski definition) is 6. The highest BCUT2D eigenvalue weighted by atomic mass is 32.2. The summed E-state index contributed by atoms with van der Waals surface area (Å²) in [7, 11) is 3.46.